The molecule has 0 saturated heterocycles. The molecule has 2 N–H and O–H groups in total. The van der Waals surface area contributed by atoms with E-state index in [1.165, 1.54) is 26.4 Å². The van der Waals surface area contributed by atoms with Crippen LogP contribution in [0.25, 0.3) is 6.08 Å². The number of amides is 2. The van der Waals surface area contributed by atoms with Crippen LogP contribution in [0.15, 0.2) is 54.6 Å². The number of hydrogen-bond donors (Lipinski definition) is 2. The van der Waals surface area contributed by atoms with E-state index in [0.717, 1.165) is 0 Å². The fourth-order valence-corrected chi connectivity index (χ4v) is 2.12. The molecule has 2 aromatic carbocycles. The topological polar surface area (TPSA) is 103 Å². The Bertz CT molecular complexity index is 864. The molecule has 0 saturated carbocycles. The Balaban J connectivity index is 1.79. The minimum Gasteiger partial charge on any atom is -0.497 e. The highest BCUT2D eigenvalue weighted by Crippen LogP contribution is 2.25. The molecule has 2 aromatic rings. The van der Waals surface area contributed by atoms with Crippen molar-refractivity contribution in [3.8, 4) is 11.5 Å². The Morgan fingerprint density at radius 3 is 2.39 bits per heavy atom. The third-order valence-corrected chi connectivity index (χ3v) is 3.54. The number of methoxy groups -OCH3 is 2. The third-order valence-electron chi connectivity index (χ3n) is 3.54. The van der Waals surface area contributed by atoms with Crippen LogP contribution in [0.5, 0.6) is 11.5 Å². The Hall–Kier alpha value is -3.81. The number of ether oxygens (including phenoxy) is 3. The molecule has 8 nitrogen and oxygen atoms in total. The van der Waals surface area contributed by atoms with E-state index in [2.05, 4.69) is 10.9 Å². The third kappa shape index (κ3) is 6.17. The SMILES string of the molecule is COc1ccc(C=CC(=O)OCC(=O)NNC(=O)c2ccccc2)c(OC)c1. The Morgan fingerprint density at radius 2 is 1.71 bits per heavy atom. The molecule has 0 aliphatic carbocycles. The summed E-state index contributed by atoms with van der Waals surface area (Å²) in [6, 6.07) is 13.5. The number of benzene rings is 2. The zero-order valence-electron chi connectivity index (χ0n) is 15.4. The first kappa shape index (κ1) is 20.5. The standard InChI is InChI=1S/C20H20N2O6/c1-26-16-10-8-14(17(12-16)27-2)9-11-19(24)28-13-18(23)21-22-20(25)15-6-4-3-5-7-15/h3-12H,13H2,1-2H3,(H,21,23)(H,22,25). The zero-order chi connectivity index (χ0) is 20.4. The van der Waals surface area contributed by atoms with Crippen molar-refractivity contribution in [3.05, 3.63) is 65.7 Å². The van der Waals surface area contributed by atoms with Crippen molar-refractivity contribution < 1.29 is 28.6 Å². The van der Waals surface area contributed by atoms with Crippen LogP contribution >= 0.6 is 0 Å². The lowest BCUT2D eigenvalue weighted by atomic mass is 10.2. The number of nitrogens with one attached hydrogen (secondary N) is 2. The lowest BCUT2D eigenvalue weighted by Crippen LogP contribution is -2.43. The molecule has 0 aliphatic rings. The van der Waals surface area contributed by atoms with E-state index in [1.807, 2.05) is 0 Å². The van der Waals surface area contributed by atoms with Gasteiger partial charge in [0.25, 0.3) is 11.8 Å². The van der Waals surface area contributed by atoms with Gasteiger partial charge in [0.2, 0.25) is 0 Å². The van der Waals surface area contributed by atoms with E-state index in [4.69, 9.17) is 14.2 Å². The summed E-state index contributed by atoms with van der Waals surface area (Å²) in [5.74, 6) is -0.738. The van der Waals surface area contributed by atoms with Gasteiger partial charge in [-0.05, 0) is 30.3 Å². The number of hydrazine groups is 1. The lowest BCUT2D eigenvalue weighted by molar-refractivity contribution is -0.144. The summed E-state index contributed by atoms with van der Waals surface area (Å²) < 4.78 is 15.1. The van der Waals surface area contributed by atoms with Gasteiger partial charge in [-0.3, -0.25) is 20.4 Å². The maximum atomic E-state index is 11.8. The molecule has 0 bridgehead atoms. The molecule has 0 heterocycles. The van der Waals surface area contributed by atoms with Crippen LogP contribution in [-0.2, 0) is 14.3 Å². The van der Waals surface area contributed by atoms with Crippen LogP contribution in [0.2, 0.25) is 0 Å². The van der Waals surface area contributed by atoms with Gasteiger partial charge >= 0.3 is 5.97 Å². The second-order valence-electron chi connectivity index (χ2n) is 5.42. The van der Waals surface area contributed by atoms with Gasteiger partial charge in [0.05, 0.1) is 14.2 Å². The fraction of sp³-hybridized carbons (Fsp3) is 0.150. The predicted octanol–water partition coefficient (Wildman–Crippen LogP) is 1.72. The summed E-state index contributed by atoms with van der Waals surface area (Å²) in [5, 5.41) is 0. The van der Waals surface area contributed by atoms with E-state index < -0.39 is 24.4 Å². The monoisotopic (exact) mass is 384 g/mol. The second kappa shape index (κ2) is 10.4. The van der Waals surface area contributed by atoms with E-state index >= 15 is 0 Å². The zero-order valence-corrected chi connectivity index (χ0v) is 15.4. The first-order valence-corrected chi connectivity index (χ1v) is 8.24. The highest BCUT2D eigenvalue weighted by Gasteiger charge is 2.09. The molecule has 0 fully saturated rings. The van der Waals surface area contributed by atoms with Crippen molar-refractivity contribution in [2.24, 2.45) is 0 Å². The van der Waals surface area contributed by atoms with Crippen molar-refractivity contribution in [2.75, 3.05) is 20.8 Å². The van der Waals surface area contributed by atoms with Gasteiger partial charge in [-0.2, -0.15) is 0 Å². The van der Waals surface area contributed by atoms with Gasteiger partial charge in [-0.1, -0.05) is 18.2 Å². The largest absolute Gasteiger partial charge is 0.497 e. The van der Waals surface area contributed by atoms with Crippen LogP contribution < -0.4 is 20.3 Å². The molecular formula is C20H20N2O6. The average molecular weight is 384 g/mol. The van der Waals surface area contributed by atoms with Gasteiger partial charge in [0.15, 0.2) is 6.61 Å². The number of carbonyl (C=O) groups is 3. The lowest BCUT2D eigenvalue weighted by Gasteiger charge is -2.08. The molecule has 28 heavy (non-hydrogen) atoms. The number of rotatable bonds is 7. The predicted molar refractivity (Wildman–Crippen MR) is 102 cm³/mol. The molecule has 0 unspecified atom stereocenters. The van der Waals surface area contributed by atoms with Crippen LogP contribution in [-0.4, -0.2) is 38.6 Å². The van der Waals surface area contributed by atoms with Crippen molar-refractivity contribution in [1.82, 2.24) is 10.9 Å². The van der Waals surface area contributed by atoms with Crippen LogP contribution in [0.1, 0.15) is 15.9 Å². The molecule has 146 valence electrons. The van der Waals surface area contributed by atoms with Gasteiger partial charge in [-0.25, -0.2) is 4.79 Å². The molecule has 8 heteroatoms. The smallest absolute Gasteiger partial charge is 0.331 e. The van der Waals surface area contributed by atoms with E-state index in [-0.39, 0.29) is 0 Å². The van der Waals surface area contributed by atoms with E-state index in [0.29, 0.717) is 22.6 Å². The van der Waals surface area contributed by atoms with Crippen LogP contribution in [0.3, 0.4) is 0 Å². The number of carbonyl (C=O) groups excluding carboxylic acids is 3. The molecular weight excluding hydrogens is 364 g/mol. The fourth-order valence-electron chi connectivity index (χ4n) is 2.12. The first-order valence-electron chi connectivity index (χ1n) is 8.24. The normalized spacial score (nSPS) is 10.2. The minimum absolute atomic E-state index is 0.385. The maximum absolute atomic E-state index is 11.8. The number of hydrogen-bond acceptors (Lipinski definition) is 6. The summed E-state index contributed by atoms with van der Waals surface area (Å²) in [5.41, 5.74) is 5.42. The van der Waals surface area contributed by atoms with Crippen molar-refractivity contribution in [2.45, 2.75) is 0 Å². The van der Waals surface area contributed by atoms with Crippen LogP contribution in [0, 0.1) is 0 Å². The molecule has 0 atom stereocenters. The second-order valence-corrected chi connectivity index (χ2v) is 5.42. The summed E-state index contributed by atoms with van der Waals surface area (Å²) in [6.07, 6.45) is 2.66. The van der Waals surface area contributed by atoms with Crippen LogP contribution in [0.4, 0.5) is 0 Å². The summed E-state index contributed by atoms with van der Waals surface area (Å²) >= 11 is 0. The quantitative estimate of drug-likeness (QED) is 0.428. The van der Waals surface area contributed by atoms with Crippen molar-refractivity contribution >= 4 is 23.9 Å². The molecule has 2 amide bonds. The molecule has 0 spiro atoms. The summed E-state index contributed by atoms with van der Waals surface area (Å²) in [4.78, 5) is 35.2. The molecule has 0 radical (unpaired) electrons. The van der Waals surface area contributed by atoms with Gasteiger partial charge in [-0.15, -0.1) is 0 Å². The Morgan fingerprint density at radius 1 is 0.964 bits per heavy atom. The van der Waals surface area contributed by atoms with Gasteiger partial charge in [0.1, 0.15) is 11.5 Å². The Labute approximate surface area is 162 Å². The highest BCUT2D eigenvalue weighted by atomic mass is 16.5. The molecule has 0 aromatic heterocycles. The van der Waals surface area contributed by atoms with E-state index in [1.54, 1.807) is 48.5 Å². The summed E-state index contributed by atoms with van der Waals surface area (Å²) in [6.45, 7) is -0.544. The first-order chi connectivity index (χ1) is 13.5. The van der Waals surface area contributed by atoms with Crippen molar-refractivity contribution in [3.63, 3.8) is 0 Å². The van der Waals surface area contributed by atoms with Crippen molar-refractivity contribution in [1.29, 1.82) is 0 Å². The Kier molecular flexibility index (Phi) is 7.59. The van der Waals surface area contributed by atoms with Gasteiger partial charge in [0, 0.05) is 23.3 Å². The summed E-state index contributed by atoms with van der Waals surface area (Å²) in [7, 11) is 3.04. The number of esters is 1. The highest BCUT2D eigenvalue weighted by molar-refractivity contribution is 5.95. The van der Waals surface area contributed by atoms with Gasteiger partial charge < -0.3 is 14.2 Å². The average Bonchev–Trinajstić information content (AvgIpc) is 2.74. The molecule has 2 rings (SSSR count). The molecule has 0 aliphatic heterocycles. The van der Waals surface area contributed by atoms with E-state index in [9.17, 15) is 14.4 Å². The minimum atomic E-state index is -0.720. The maximum Gasteiger partial charge on any atom is 0.331 e.